The Morgan fingerprint density at radius 3 is 2.26 bits per heavy atom. The maximum atomic E-state index is 12.7. The molecule has 1 aromatic heterocycles. The van der Waals surface area contributed by atoms with Crippen molar-refractivity contribution in [2.75, 3.05) is 26.6 Å². The molecule has 0 aliphatic carbocycles. The zero-order chi connectivity index (χ0) is 21.8. The van der Waals surface area contributed by atoms with E-state index in [1.165, 1.54) is 0 Å². The first kappa shape index (κ1) is 20.2. The molecule has 156 valence electrons. The first-order valence-corrected chi connectivity index (χ1v) is 9.70. The molecule has 1 amide bonds. The molecule has 1 N–H and O–H groups in total. The molecular weight excluding hydrogens is 392 g/mol. The van der Waals surface area contributed by atoms with Gasteiger partial charge in [0.05, 0.1) is 38.1 Å². The predicted molar refractivity (Wildman–Crippen MR) is 121 cm³/mol. The van der Waals surface area contributed by atoms with E-state index in [1.54, 1.807) is 39.5 Å². The highest BCUT2D eigenvalue weighted by Gasteiger charge is 2.14. The number of fused-ring (bicyclic) bond motifs is 1. The van der Waals surface area contributed by atoms with Gasteiger partial charge in [0.25, 0.3) is 5.91 Å². The molecule has 0 bridgehead atoms. The number of para-hydroxylation sites is 1. The standard InChI is InChI=1S/C25H22N2O4/c1-29-18-11-8-16(9-12-18)22-15-24(31-3)20-14-17(10-13-21(20)27-22)26-25(28)19-6-4-5-7-23(19)30-2/h4-15H,1-3H3,(H,26,28). The van der Waals surface area contributed by atoms with Gasteiger partial charge in [-0.25, -0.2) is 4.98 Å². The number of pyridine rings is 1. The summed E-state index contributed by atoms with van der Waals surface area (Å²) in [4.78, 5) is 17.5. The first-order chi connectivity index (χ1) is 15.1. The summed E-state index contributed by atoms with van der Waals surface area (Å²) in [5.74, 6) is 1.72. The van der Waals surface area contributed by atoms with Crippen molar-refractivity contribution in [1.29, 1.82) is 0 Å². The van der Waals surface area contributed by atoms with Crippen molar-refractivity contribution in [2.45, 2.75) is 0 Å². The molecule has 1 heterocycles. The van der Waals surface area contributed by atoms with Crippen LogP contribution < -0.4 is 19.5 Å². The van der Waals surface area contributed by atoms with Gasteiger partial charge in [0, 0.05) is 22.7 Å². The number of ether oxygens (including phenoxy) is 3. The number of anilines is 1. The summed E-state index contributed by atoms with van der Waals surface area (Å²) in [7, 11) is 4.79. The van der Waals surface area contributed by atoms with Gasteiger partial charge in [0.15, 0.2) is 0 Å². The molecule has 6 heteroatoms. The number of benzene rings is 3. The summed E-state index contributed by atoms with van der Waals surface area (Å²) in [5.41, 5.74) is 3.61. The molecule has 0 saturated carbocycles. The zero-order valence-electron chi connectivity index (χ0n) is 17.5. The third kappa shape index (κ3) is 4.14. The number of carbonyl (C=O) groups excluding carboxylic acids is 1. The van der Waals surface area contributed by atoms with Gasteiger partial charge in [-0.3, -0.25) is 4.79 Å². The lowest BCUT2D eigenvalue weighted by atomic mass is 10.1. The van der Waals surface area contributed by atoms with Crippen LogP contribution in [0.15, 0.2) is 72.8 Å². The quantitative estimate of drug-likeness (QED) is 0.471. The summed E-state index contributed by atoms with van der Waals surface area (Å²) in [6.45, 7) is 0. The molecule has 4 aromatic rings. The van der Waals surface area contributed by atoms with Gasteiger partial charge in [0.2, 0.25) is 0 Å². The Balaban J connectivity index is 1.68. The third-order valence-corrected chi connectivity index (χ3v) is 4.99. The fraction of sp³-hybridized carbons (Fsp3) is 0.120. The van der Waals surface area contributed by atoms with E-state index in [0.29, 0.717) is 22.7 Å². The summed E-state index contributed by atoms with van der Waals surface area (Å²) in [6.07, 6.45) is 0. The van der Waals surface area contributed by atoms with Crippen molar-refractivity contribution in [3.63, 3.8) is 0 Å². The van der Waals surface area contributed by atoms with Crippen molar-refractivity contribution in [3.05, 3.63) is 78.4 Å². The molecule has 4 rings (SSSR count). The number of aromatic nitrogens is 1. The van der Waals surface area contributed by atoms with E-state index >= 15 is 0 Å². The summed E-state index contributed by atoms with van der Waals surface area (Å²) >= 11 is 0. The Hall–Kier alpha value is -4.06. The van der Waals surface area contributed by atoms with E-state index in [4.69, 9.17) is 19.2 Å². The van der Waals surface area contributed by atoms with Crippen LogP contribution in [0, 0.1) is 0 Å². The molecular formula is C25H22N2O4. The van der Waals surface area contributed by atoms with Gasteiger partial charge in [-0.2, -0.15) is 0 Å². The van der Waals surface area contributed by atoms with Crippen LogP contribution in [0.1, 0.15) is 10.4 Å². The molecule has 0 saturated heterocycles. The lowest BCUT2D eigenvalue weighted by molar-refractivity contribution is 0.102. The Bertz CT molecular complexity index is 1240. The molecule has 0 aliphatic rings. The largest absolute Gasteiger partial charge is 0.497 e. The fourth-order valence-electron chi connectivity index (χ4n) is 3.38. The predicted octanol–water partition coefficient (Wildman–Crippen LogP) is 5.18. The van der Waals surface area contributed by atoms with Crippen molar-refractivity contribution < 1.29 is 19.0 Å². The molecule has 0 radical (unpaired) electrons. The number of rotatable bonds is 6. The second-order valence-electron chi connectivity index (χ2n) is 6.82. The molecule has 6 nitrogen and oxygen atoms in total. The van der Waals surface area contributed by atoms with Crippen molar-refractivity contribution in [3.8, 4) is 28.5 Å². The highest BCUT2D eigenvalue weighted by atomic mass is 16.5. The monoisotopic (exact) mass is 414 g/mol. The van der Waals surface area contributed by atoms with Gasteiger partial charge in [-0.15, -0.1) is 0 Å². The highest BCUT2D eigenvalue weighted by Crippen LogP contribution is 2.32. The van der Waals surface area contributed by atoms with E-state index in [9.17, 15) is 4.79 Å². The van der Waals surface area contributed by atoms with E-state index < -0.39 is 0 Å². The van der Waals surface area contributed by atoms with E-state index in [1.807, 2.05) is 54.6 Å². The van der Waals surface area contributed by atoms with Crippen molar-refractivity contribution in [1.82, 2.24) is 4.98 Å². The number of hydrogen-bond acceptors (Lipinski definition) is 5. The summed E-state index contributed by atoms with van der Waals surface area (Å²) in [5, 5.41) is 3.72. The number of methoxy groups -OCH3 is 3. The van der Waals surface area contributed by atoms with Crippen LogP contribution in [0.5, 0.6) is 17.2 Å². The second-order valence-corrected chi connectivity index (χ2v) is 6.82. The Kier molecular flexibility index (Phi) is 5.71. The van der Waals surface area contributed by atoms with Gasteiger partial charge in [-0.1, -0.05) is 12.1 Å². The molecule has 0 unspecified atom stereocenters. The summed E-state index contributed by atoms with van der Waals surface area (Å²) < 4.78 is 16.1. The average molecular weight is 414 g/mol. The first-order valence-electron chi connectivity index (χ1n) is 9.70. The normalized spacial score (nSPS) is 10.5. The average Bonchev–Trinajstić information content (AvgIpc) is 2.83. The van der Waals surface area contributed by atoms with E-state index in [-0.39, 0.29) is 5.91 Å². The van der Waals surface area contributed by atoms with Crippen LogP contribution in [-0.2, 0) is 0 Å². The highest BCUT2D eigenvalue weighted by molar-refractivity contribution is 6.07. The van der Waals surface area contributed by atoms with Crippen molar-refractivity contribution >= 4 is 22.5 Å². The molecule has 31 heavy (non-hydrogen) atoms. The Morgan fingerprint density at radius 1 is 0.806 bits per heavy atom. The molecule has 0 spiro atoms. The van der Waals surface area contributed by atoms with Crippen LogP contribution in [0.4, 0.5) is 5.69 Å². The van der Waals surface area contributed by atoms with Crippen molar-refractivity contribution in [2.24, 2.45) is 0 Å². The summed E-state index contributed by atoms with van der Waals surface area (Å²) in [6, 6.07) is 22.2. The number of nitrogens with one attached hydrogen (secondary N) is 1. The third-order valence-electron chi connectivity index (χ3n) is 4.99. The van der Waals surface area contributed by atoms with Crippen LogP contribution in [0.2, 0.25) is 0 Å². The minimum Gasteiger partial charge on any atom is -0.497 e. The minimum atomic E-state index is -0.251. The van der Waals surface area contributed by atoms with Gasteiger partial charge < -0.3 is 19.5 Å². The SMILES string of the molecule is COc1ccc(-c2cc(OC)c3cc(NC(=O)c4ccccc4OC)ccc3n2)cc1. The minimum absolute atomic E-state index is 0.251. The lowest BCUT2D eigenvalue weighted by Gasteiger charge is -2.12. The fourth-order valence-corrected chi connectivity index (χ4v) is 3.38. The smallest absolute Gasteiger partial charge is 0.259 e. The van der Waals surface area contributed by atoms with Crippen LogP contribution >= 0.6 is 0 Å². The zero-order valence-corrected chi connectivity index (χ0v) is 17.5. The maximum Gasteiger partial charge on any atom is 0.259 e. The van der Waals surface area contributed by atoms with E-state index in [0.717, 1.165) is 27.9 Å². The molecule has 0 fully saturated rings. The Labute approximate surface area is 180 Å². The molecule has 0 aliphatic heterocycles. The van der Waals surface area contributed by atoms with Crippen LogP contribution in [-0.4, -0.2) is 32.2 Å². The van der Waals surface area contributed by atoms with Gasteiger partial charge in [-0.05, 0) is 54.6 Å². The van der Waals surface area contributed by atoms with E-state index in [2.05, 4.69) is 5.32 Å². The topological polar surface area (TPSA) is 69.7 Å². The number of nitrogens with zero attached hydrogens (tertiary/aromatic N) is 1. The molecule has 3 aromatic carbocycles. The molecule has 0 atom stereocenters. The van der Waals surface area contributed by atoms with Crippen LogP contribution in [0.3, 0.4) is 0 Å². The Morgan fingerprint density at radius 2 is 1.55 bits per heavy atom. The lowest BCUT2D eigenvalue weighted by Crippen LogP contribution is -2.13. The maximum absolute atomic E-state index is 12.7. The van der Waals surface area contributed by atoms with Crippen LogP contribution in [0.25, 0.3) is 22.2 Å². The second kappa shape index (κ2) is 8.75. The number of amides is 1. The van der Waals surface area contributed by atoms with Gasteiger partial charge >= 0.3 is 0 Å². The number of carbonyl (C=O) groups is 1. The van der Waals surface area contributed by atoms with Gasteiger partial charge in [0.1, 0.15) is 17.2 Å². The number of hydrogen-bond donors (Lipinski definition) is 1.